The van der Waals surface area contributed by atoms with Crippen molar-refractivity contribution in [2.45, 2.75) is 46.2 Å². The fourth-order valence-electron chi connectivity index (χ4n) is 0.734. The van der Waals surface area contributed by atoms with Gasteiger partial charge in [-0.2, -0.15) is 0 Å². The third kappa shape index (κ3) is 4.77. The van der Waals surface area contributed by atoms with Gasteiger partial charge in [-0.1, -0.05) is 27.2 Å². The van der Waals surface area contributed by atoms with Crippen molar-refractivity contribution in [3.05, 3.63) is 0 Å². The molecule has 0 aliphatic heterocycles. The summed E-state index contributed by atoms with van der Waals surface area (Å²) >= 11 is 0. The van der Waals surface area contributed by atoms with Gasteiger partial charge in [-0.05, 0) is 18.3 Å². The van der Waals surface area contributed by atoms with Gasteiger partial charge in [-0.25, -0.2) is 0 Å². The Balaban J connectivity index is 3.46. The topological polar surface area (TPSA) is 52.0 Å². The molecule has 62 valence electrons. The minimum absolute atomic E-state index is 0.133. The zero-order valence-corrected chi connectivity index (χ0v) is 7.35. The lowest BCUT2D eigenvalue weighted by Gasteiger charge is -2.23. The molecule has 0 saturated carbocycles. The van der Waals surface area contributed by atoms with Gasteiger partial charge >= 0.3 is 0 Å². The van der Waals surface area contributed by atoms with Crippen molar-refractivity contribution >= 4 is 0 Å². The van der Waals surface area contributed by atoms with Crippen molar-refractivity contribution in [1.82, 2.24) is 0 Å². The number of nitrogens with two attached hydrogens (primary N) is 2. The molecule has 0 amide bonds. The van der Waals surface area contributed by atoms with Crippen LogP contribution in [0.3, 0.4) is 0 Å². The standard InChI is InChI=1S/C8H20N2/c1-4-8(2,3)6-5-7(9)10/h7H,4-6,9-10H2,1-3H3. The van der Waals surface area contributed by atoms with Crippen LogP contribution in [0.4, 0.5) is 0 Å². The molecule has 0 bridgehead atoms. The molecule has 0 aromatic heterocycles. The van der Waals surface area contributed by atoms with Crippen molar-refractivity contribution in [2.24, 2.45) is 16.9 Å². The lowest BCUT2D eigenvalue weighted by atomic mass is 9.85. The highest BCUT2D eigenvalue weighted by Crippen LogP contribution is 2.25. The molecule has 0 aromatic rings. The summed E-state index contributed by atoms with van der Waals surface area (Å²) in [7, 11) is 0. The second kappa shape index (κ2) is 3.94. The van der Waals surface area contributed by atoms with Gasteiger partial charge in [0, 0.05) is 0 Å². The van der Waals surface area contributed by atoms with Gasteiger partial charge < -0.3 is 11.5 Å². The molecule has 2 heteroatoms. The molecule has 0 fully saturated rings. The molecular formula is C8H20N2. The summed E-state index contributed by atoms with van der Waals surface area (Å²) in [6.07, 6.45) is 3.12. The summed E-state index contributed by atoms with van der Waals surface area (Å²) in [4.78, 5) is 0. The van der Waals surface area contributed by atoms with Crippen LogP contribution < -0.4 is 11.5 Å². The Kier molecular flexibility index (Phi) is 3.91. The second-order valence-corrected chi connectivity index (χ2v) is 3.72. The van der Waals surface area contributed by atoms with Crippen LogP contribution in [0.2, 0.25) is 0 Å². The smallest absolute Gasteiger partial charge is 0.0521 e. The summed E-state index contributed by atoms with van der Waals surface area (Å²) in [5, 5.41) is 0. The molecule has 0 aromatic carbocycles. The Hall–Kier alpha value is -0.0800. The monoisotopic (exact) mass is 144 g/mol. The van der Waals surface area contributed by atoms with Crippen molar-refractivity contribution < 1.29 is 0 Å². The molecule has 10 heavy (non-hydrogen) atoms. The van der Waals surface area contributed by atoms with E-state index in [0.29, 0.717) is 5.41 Å². The zero-order chi connectivity index (χ0) is 8.20. The molecule has 0 saturated heterocycles. The van der Waals surface area contributed by atoms with Crippen molar-refractivity contribution in [3.63, 3.8) is 0 Å². The molecule has 0 atom stereocenters. The summed E-state index contributed by atoms with van der Waals surface area (Å²) in [6.45, 7) is 6.69. The molecule has 0 spiro atoms. The summed E-state index contributed by atoms with van der Waals surface area (Å²) < 4.78 is 0. The Morgan fingerprint density at radius 3 is 2.10 bits per heavy atom. The fraction of sp³-hybridized carbons (Fsp3) is 1.00. The first kappa shape index (κ1) is 9.92. The number of rotatable bonds is 4. The maximum atomic E-state index is 5.43. The van der Waals surface area contributed by atoms with Crippen molar-refractivity contribution in [1.29, 1.82) is 0 Å². The predicted octanol–water partition coefficient (Wildman–Crippen LogP) is 1.45. The first-order valence-electron chi connectivity index (χ1n) is 3.99. The van der Waals surface area contributed by atoms with Crippen LogP contribution in [0.25, 0.3) is 0 Å². The second-order valence-electron chi connectivity index (χ2n) is 3.72. The van der Waals surface area contributed by atoms with E-state index in [4.69, 9.17) is 11.5 Å². The first-order chi connectivity index (χ1) is 4.48. The van der Waals surface area contributed by atoms with Crippen molar-refractivity contribution in [3.8, 4) is 0 Å². The molecule has 0 unspecified atom stereocenters. The van der Waals surface area contributed by atoms with Crippen LogP contribution >= 0.6 is 0 Å². The van der Waals surface area contributed by atoms with E-state index in [2.05, 4.69) is 20.8 Å². The lowest BCUT2D eigenvalue weighted by Crippen LogP contribution is -2.31. The van der Waals surface area contributed by atoms with E-state index < -0.39 is 0 Å². The highest BCUT2D eigenvalue weighted by Gasteiger charge is 2.14. The Morgan fingerprint density at radius 2 is 1.80 bits per heavy atom. The van der Waals surface area contributed by atoms with Crippen molar-refractivity contribution in [2.75, 3.05) is 0 Å². The van der Waals surface area contributed by atoms with Crippen LogP contribution in [0.5, 0.6) is 0 Å². The van der Waals surface area contributed by atoms with Crippen LogP contribution in [0.15, 0.2) is 0 Å². The maximum absolute atomic E-state index is 5.43. The molecular weight excluding hydrogens is 124 g/mol. The summed E-state index contributed by atoms with van der Waals surface area (Å²) in [6, 6.07) is 0. The van der Waals surface area contributed by atoms with Crippen LogP contribution in [-0.4, -0.2) is 6.17 Å². The molecule has 0 aliphatic rings. The number of hydrogen-bond acceptors (Lipinski definition) is 2. The molecule has 2 nitrogen and oxygen atoms in total. The maximum Gasteiger partial charge on any atom is 0.0521 e. The largest absolute Gasteiger partial charge is 0.316 e. The van der Waals surface area contributed by atoms with Crippen LogP contribution in [0, 0.1) is 5.41 Å². The Bertz CT molecular complexity index is 87.3. The van der Waals surface area contributed by atoms with Gasteiger partial charge in [-0.15, -0.1) is 0 Å². The molecule has 0 rings (SSSR count). The van der Waals surface area contributed by atoms with E-state index in [-0.39, 0.29) is 6.17 Å². The Morgan fingerprint density at radius 1 is 1.30 bits per heavy atom. The van der Waals surface area contributed by atoms with Crippen LogP contribution in [0.1, 0.15) is 40.0 Å². The minimum Gasteiger partial charge on any atom is -0.316 e. The lowest BCUT2D eigenvalue weighted by molar-refractivity contribution is 0.302. The fourth-order valence-corrected chi connectivity index (χ4v) is 0.734. The first-order valence-corrected chi connectivity index (χ1v) is 3.99. The quantitative estimate of drug-likeness (QED) is 0.587. The van der Waals surface area contributed by atoms with Gasteiger partial charge in [0.2, 0.25) is 0 Å². The highest BCUT2D eigenvalue weighted by atomic mass is 14.8. The van der Waals surface area contributed by atoms with Gasteiger partial charge in [0.15, 0.2) is 0 Å². The minimum atomic E-state index is -0.133. The third-order valence-corrected chi connectivity index (χ3v) is 2.11. The zero-order valence-electron chi connectivity index (χ0n) is 7.35. The van der Waals surface area contributed by atoms with E-state index in [9.17, 15) is 0 Å². The third-order valence-electron chi connectivity index (χ3n) is 2.11. The van der Waals surface area contributed by atoms with E-state index >= 15 is 0 Å². The Labute approximate surface area is 64.0 Å². The van der Waals surface area contributed by atoms with Gasteiger partial charge in [0.25, 0.3) is 0 Å². The summed E-state index contributed by atoms with van der Waals surface area (Å²) in [5.74, 6) is 0. The SMILES string of the molecule is CCC(C)(C)CCC(N)N. The molecule has 0 heterocycles. The predicted molar refractivity (Wildman–Crippen MR) is 45.5 cm³/mol. The number of hydrogen-bond donors (Lipinski definition) is 2. The van der Waals surface area contributed by atoms with E-state index in [0.717, 1.165) is 12.8 Å². The molecule has 0 radical (unpaired) electrons. The van der Waals surface area contributed by atoms with E-state index in [1.54, 1.807) is 0 Å². The van der Waals surface area contributed by atoms with Gasteiger partial charge in [-0.3, -0.25) is 0 Å². The molecule has 4 N–H and O–H groups in total. The average Bonchev–Trinajstić information content (AvgIpc) is 1.85. The molecule has 0 aliphatic carbocycles. The van der Waals surface area contributed by atoms with E-state index in [1.807, 2.05) is 0 Å². The normalized spacial score (nSPS) is 12.6. The van der Waals surface area contributed by atoms with Gasteiger partial charge in [0.1, 0.15) is 0 Å². The van der Waals surface area contributed by atoms with Gasteiger partial charge in [0.05, 0.1) is 6.17 Å². The van der Waals surface area contributed by atoms with E-state index in [1.165, 1.54) is 6.42 Å². The van der Waals surface area contributed by atoms with Crippen LogP contribution in [-0.2, 0) is 0 Å². The highest BCUT2D eigenvalue weighted by molar-refractivity contribution is 4.67. The average molecular weight is 144 g/mol. The summed E-state index contributed by atoms with van der Waals surface area (Å²) in [5.41, 5.74) is 11.3.